The van der Waals surface area contributed by atoms with Crippen LogP contribution in [0, 0.1) is 0 Å². The van der Waals surface area contributed by atoms with Gasteiger partial charge in [-0.25, -0.2) is 15.0 Å². The number of nitrogens with zero attached hydrogens (tertiary/aromatic N) is 3. The van der Waals surface area contributed by atoms with Crippen LogP contribution in [-0.2, 0) is 0 Å². The van der Waals surface area contributed by atoms with Crippen LogP contribution in [-0.4, -0.2) is 15.0 Å². The summed E-state index contributed by atoms with van der Waals surface area (Å²) in [6, 6.07) is 70.0. The topological polar surface area (TPSA) is 51.8 Å². The molecule has 0 saturated carbocycles. The van der Waals surface area contributed by atoms with Crippen molar-refractivity contribution in [1.29, 1.82) is 0 Å². The summed E-state index contributed by atoms with van der Waals surface area (Å²) in [4.78, 5) is 16.0. The van der Waals surface area contributed by atoms with Crippen molar-refractivity contribution in [2.75, 3.05) is 0 Å². The van der Waals surface area contributed by atoms with E-state index in [4.69, 9.17) is 19.4 Å². The van der Waals surface area contributed by atoms with Gasteiger partial charge in [0.15, 0.2) is 11.4 Å². The van der Waals surface area contributed by atoms with Gasteiger partial charge in [0.1, 0.15) is 11.3 Å². The predicted molar refractivity (Wildman–Crippen MR) is 250 cm³/mol. The van der Waals surface area contributed by atoms with Crippen LogP contribution >= 0.6 is 11.3 Å². The first-order valence-corrected chi connectivity index (χ1v) is 20.9. The van der Waals surface area contributed by atoms with Crippen molar-refractivity contribution >= 4 is 64.4 Å². The van der Waals surface area contributed by atoms with Crippen LogP contribution in [0.3, 0.4) is 0 Å². The molecule has 4 aromatic heterocycles. The van der Waals surface area contributed by atoms with Gasteiger partial charge in [-0.2, -0.15) is 0 Å². The number of pyridine rings is 1. The zero-order valence-electron chi connectivity index (χ0n) is 32.2. The van der Waals surface area contributed by atoms with E-state index < -0.39 is 0 Å². The molecule has 0 saturated heterocycles. The number of para-hydroxylation sites is 2. The average molecular weight is 784 g/mol. The van der Waals surface area contributed by atoms with Crippen molar-refractivity contribution in [1.82, 2.24) is 15.0 Å². The second-order valence-electron chi connectivity index (χ2n) is 15.1. The Balaban J connectivity index is 1.06. The molecule has 60 heavy (non-hydrogen) atoms. The summed E-state index contributed by atoms with van der Waals surface area (Å²) in [5, 5.41) is 5.73. The summed E-state index contributed by atoms with van der Waals surface area (Å²) in [6.07, 6.45) is 0. The molecule has 12 rings (SSSR count). The molecule has 0 spiro atoms. The van der Waals surface area contributed by atoms with Crippen LogP contribution < -0.4 is 0 Å². The first-order chi connectivity index (χ1) is 29.7. The minimum absolute atomic E-state index is 0.638. The number of aromatic nitrogens is 3. The minimum Gasteiger partial charge on any atom is -0.454 e. The van der Waals surface area contributed by atoms with E-state index in [0.29, 0.717) is 5.82 Å². The number of hydrogen-bond donors (Lipinski definition) is 0. The number of thiophene rings is 1. The third-order valence-electron chi connectivity index (χ3n) is 11.5. The van der Waals surface area contributed by atoms with Crippen LogP contribution in [0.1, 0.15) is 0 Å². The van der Waals surface area contributed by atoms with Crippen molar-refractivity contribution in [2.45, 2.75) is 0 Å². The lowest BCUT2D eigenvalue weighted by Crippen LogP contribution is -1.97. The van der Waals surface area contributed by atoms with Crippen molar-refractivity contribution < 1.29 is 4.42 Å². The Labute approximate surface area is 349 Å². The molecule has 8 aromatic carbocycles. The van der Waals surface area contributed by atoms with E-state index in [2.05, 4.69) is 164 Å². The molecule has 0 radical (unpaired) electrons. The van der Waals surface area contributed by atoms with Crippen LogP contribution in [0.4, 0.5) is 0 Å². The molecule has 0 N–H and O–H groups in total. The molecule has 0 aliphatic carbocycles. The maximum atomic E-state index is 6.75. The van der Waals surface area contributed by atoms with E-state index in [-0.39, 0.29) is 0 Å². The standard InChI is InChI=1S/C55H33N3OS/c1-3-14-34(15-4-1)35-28-30-37(31-29-35)47-33-46(36-16-5-2-6-17-36)56-55(57-47)39-19-11-18-38(32-39)51-53-50(44-21-7-9-26-48(44)59-53)45-25-12-22-41(52(45)58-51)43-24-13-23-42-40-20-8-10-27-49(40)60-54(42)43/h1-33H. The van der Waals surface area contributed by atoms with Crippen molar-refractivity contribution in [3.8, 4) is 67.4 Å². The summed E-state index contributed by atoms with van der Waals surface area (Å²) < 4.78 is 9.29. The van der Waals surface area contributed by atoms with Gasteiger partial charge in [-0.05, 0) is 35.4 Å². The van der Waals surface area contributed by atoms with E-state index in [1.54, 1.807) is 0 Å². The Kier molecular flexibility index (Phi) is 8.00. The molecule has 4 heterocycles. The van der Waals surface area contributed by atoms with Crippen molar-refractivity contribution in [3.05, 3.63) is 200 Å². The lowest BCUT2D eigenvalue weighted by atomic mass is 9.96. The summed E-state index contributed by atoms with van der Waals surface area (Å²) in [6.45, 7) is 0. The number of benzene rings is 8. The fourth-order valence-corrected chi connectivity index (χ4v) is 9.86. The molecule has 0 atom stereocenters. The van der Waals surface area contributed by atoms with Gasteiger partial charge in [0.2, 0.25) is 0 Å². The monoisotopic (exact) mass is 783 g/mol. The smallest absolute Gasteiger partial charge is 0.162 e. The number of furan rings is 1. The van der Waals surface area contributed by atoms with Crippen molar-refractivity contribution in [3.63, 3.8) is 0 Å². The molecule has 280 valence electrons. The maximum Gasteiger partial charge on any atom is 0.162 e. The molecule has 4 nitrogen and oxygen atoms in total. The van der Waals surface area contributed by atoms with Crippen LogP contribution in [0.25, 0.3) is 120 Å². The Bertz CT molecular complexity index is 3590. The molecule has 0 aliphatic rings. The lowest BCUT2D eigenvalue weighted by molar-refractivity contribution is 0.669. The fourth-order valence-electron chi connectivity index (χ4n) is 8.63. The Morgan fingerprint density at radius 3 is 1.75 bits per heavy atom. The quantitative estimate of drug-likeness (QED) is 0.169. The molecule has 12 aromatic rings. The third kappa shape index (κ3) is 5.70. The first-order valence-electron chi connectivity index (χ1n) is 20.1. The molecular weight excluding hydrogens is 751 g/mol. The highest BCUT2D eigenvalue weighted by Crippen LogP contribution is 2.45. The van der Waals surface area contributed by atoms with Gasteiger partial charge in [0, 0.05) is 69.7 Å². The maximum absolute atomic E-state index is 6.75. The molecule has 0 amide bonds. The molecule has 0 bridgehead atoms. The molecule has 0 unspecified atom stereocenters. The molecule has 0 fully saturated rings. The lowest BCUT2D eigenvalue weighted by Gasteiger charge is -2.13. The van der Waals surface area contributed by atoms with Crippen molar-refractivity contribution in [2.24, 2.45) is 0 Å². The van der Waals surface area contributed by atoms with E-state index in [1.807, 2.05) is 47.7 Å². The minimum atomic E-state index is 0.638. The van der Waals surface area contributed by atoms with Gasteiger partial charge < -0.3 is 4.42 Å². The van der Waals surface area contributed by atoms with Gasteiger partial charge in [-0.15, -0.1) is 11.3 Å². The van der Waals surface area contributed by atoms with E-state index in [9.17, 15) is 0 Å². The molecule has 0 aliphatic heterocycles. The Morgan fingerprint density at radius 2 is 0.950 bits per heavy atom. The number of fused-ring (bicyclic) bond motifs is 8. The van der Waals surface area contributed by atoms with Crippen LogP contribution in [0.5, 0.6) is 0 Å². The molecular formula is C55H33N3OS. The first kappa shape index (κ1) is 34.3. The van der Waals surface area contributed by atoms with Gasteiger partial charge in [-0.1, -0.05) is 176 Å². The van der Waals surface area contributed by atoms with Gasteiger partial charge in [0.05, 0.1) is 16.9 Å². The summed E-state index contributed by atoms with van der Waals surface area (Å²) >= 11 is 1.84. The Morgan fingerprint density at radius 1 is 0.383 bits per heavy atom. The van der Waals surface area contributed by atoms with Crippen LogP contribution in [0.2, 0.25) is 0 Å². The van der Waals surface area contributed by atoms with Gasteiger partial charge >= 0.3 is 0 Å². The molecule has 5 heteroatoms. The third-order valence-corrected chi connectivity index (χ3v) is 12.7. The predicted octanol–water partition coefficient (Wildman–Crippen LogP) is 15.3. The van der Waals surface area contributed by atoms with E-state index in [0.717, 1.165) is 83.3 Å². The Hall–Kier alpha value is -7.73. The summed E-state index contributed by atoms with van der Waals surface area (Å²) in [5.74, 6) is 0.638. The van der Waals surface area contributed by atoms with E-state index >= 15 is 0 Å². The second-order valence-corrected chi connectivity index (χ2v) is 16.1. The van der Waals surface area contributed by atoms with Gasteiger partial charge in [0.25, 0.3) is 0 Å². The largest absolute Gasteiger partial charge is 0.454 e. The van der Waals surface area contributed by atoms with Gasteiger partial charge in [-0.3, -0.25) is 0 Å². The highest BCUT2D eigenvalue weighted by Gasteiger charge is 2.22. The summed E-state index contributed by atoms with van der Waals surface area (Å²) in [7, 11) is 0. The number of rotatable bonds is 6. The highest BCUT2D eigenvalue weighted by atomic mass is 32.1. The SMILES string of the molecule is c1ccc(-c2ccc(-c3cc(-c4ccccc4)nc(-c4cccc(-c5nc6c(-c7cccc8c7sc7ccccc78)cccc6c6c5oc5ccccc56)c4)n3)cc2)cc1. The zero-order chi connectivity index (χ0) is 39.6. The average Bonchev–Trinajstić information content (AvgIpc) is 3.91. The normalized spacial score (nSPS) is 11.7. The number of hydrogen-bond acceptors (Lipinski definition) is 5. The zero-order valence-corrected chi connectivity index (χ0v) is 33.0. The second kappa shape index (κ2) is 14.0. The highest BCUT2D eigenvalue weighted by molar-refractivity contribution is 7.26. The van der Waals surface area contributed by atoms with Crippen LogP contribution in [0.15, 0.2) is 205 Å². The summed E-state index contributed by atoms with van der Waals surface area (Å²) in [5.41, 5.74) is 13.5. The fraction of sp³-hybridized carbons (Fsp3) is 0. The van der Waals surface area contributed by atoms with E-state index in [1.165, 1.54) is 31.3 Å².